The summed E-state index contributed by atoms with van der Waals surface area (Å²) in [6, 6.07) is 2.30. The first kappa shape index (κ1) is 70.7. The van der Waals surface area contributed by atoms with E-state index in [2.05, 4.69) is 0 Å². The van der Waals surface area contributed by atoms with Crippen molar-refractivity contribution < 1.29 is 154 Å². The average Bonchev–Trinajstić information content (AvgIpc) is 1.58. The highest BCUT2D eigenvalue weighted by Gasteiger charge is 2.73. The van der Waals surface area contributed by atoms with Crippen molar-refractivity contribution in [1.82, 2.24) is 0 Å². The van der Waals surface area contributed by atoms with Crippen LogP contribution in [0.4, 0.5) is 0 Å². The van der Waals surface area contributed by atoms with Crippen LogP contribution in [0.5, 0.6) is 11.5 Å². The van der Waals surface area contributed by atoms with Crippen LogP contribution in [0.15, 0.2) is 12.1 Å². The van der Waals surface area contributed by atoms with E-state index in [0.717, 1.165) is 6.07 Å². The minimum absolute atomic E-state index is 0.0110. The lowest BCUT2D eigenvalue weighted by Crippen LogP contribution is -2.72. The summed E-state index contributed by atoms with van der Waals surface area (Å²) < 4.78 is 137. The van der Waals surface area contributed by atoms with Crippen molar-refractivity contribution in [2.45, 2.75) is 290 Å². The number of aryl methyl sites for hydroxylation is 1. The van der Waals surface area contributed by atoms with Crippen LogP contribution in [0, 0.1) is 6.92 Å². The molecule has 1 unspecified atom stereocenters. The van der Waals surface area contributed by atoms with Crippen LogP contribution in [0.25, 0.3) is 0 Å². The van der Waals surface area contributed by atoms with Gasteiger partial charge in [-0.3, -0.25) is 9.59 Å². The molecule has 0 saturated carbocycles. The first-order valence-corrected chi connectivity index (χ1v) is 31.7. The third-order valence-corrected chi connectivity index (χ3v) is 19.2. The molecule has 7 N–H and O–H groups in total. The Morgan fingerprint density at radius 2 is 1.37 bits per heavy atom. The molecular formula is C61H90O32. The second-order valence-electron chi connectivity index (χ2n) is 25.9. The van der Waals surface area contributed by atoms with Gasteiger partial charge in [0, 0.05) is 46.7 Å². The van der Waals surface area contributed by atoms with Gasteiger partial charge in [0.25, 0.3) is 5.97 Å². The fourth-order valence-electron chi connectivity index (χ4n) is 14.6. The number of fused-ring (bicyclic) bond motifs is 4. The van der Waals surface area contributed by atoms with Crippen molar-refractivity contribution in [3.05, 3.63) is 23.3 Å². The number of ketones is 1. The number of methoxy groups -OCH3 is 3. The van der Waals surface area contributed by atoms with Crippen molar-refractivity contribution in [1.29, 1.82) is 0 Å². The molecule has 10 saturated heterocycles. The molecule has 10 heterocycles. The van der Waals surface area contributed by atoms with E-state index in [9.17, 15) is 50.1 Å². The van der Waals surface area contributed by atoms with Crippen molar-refractivity contribution >= 4 is 17.7 Å². The SMILES string of the molecule is CCCCC(=O)O[C@H]1[C@@H](O[C@@H]2O[C@H](COC)[C@@H](O[C@@H]3O[C@H](C)[C@H](OC)[C@H](O[C@H]4C[C@@]5(C)OC6(C[C@@H](O)[C@H](O[C@H]7C[C@@H](O)[C@H](OC(=O)c8c(C)cc(O)cc8O)[C@@H](C)O7)[C@@H](C)O6)O[C@@H]5[C@@H](C)O4)[C@H]3O)[C@H](O)[C@@H]2OC)OC[C@@H]2O[C@]3(O[C@@H]12)O[C@H](C)[C@@](O)(C(C)=O)[C@@H]1OCO[C@H]13. The summed E-state index contributed by atoms with van der Waals surface area (Å²) >= 11 is 0. The topological polar surface area (TPSA) is 396 Å². The fraction of sp³-hybridized carbons (Fsp3) is 0.852. The van der Waals surface area contributed by atoms with E-state index < -0.39 is 212 Å². The van der Waals surface area contributed by atoms with E-state index in [1.165, 1.54) is 48.2 Å². The number of hydrogen-bond donors (Lipinski definition) is 7. The Morgan fingerprint density at radius 3 is 2.04 bits per heavy atom. The molecule has 0 radical (unpaired) electrons. The zero-order chi connectivity index (χ0) is 67.0. The van der Waals surface area contributed by atoms with E-state index in [1.54, 1.807) is 34.6 Å². The number of Topliss-reactive ketones (excluding diaryl/α,β-unsaturated/α-hetero) is 1. The molecule has 0 amide bonds. The Kier molecular flexibility index (Phi) is 21.3. The minimum atomic E-state index is -2.12. The van der Waals surface area contributed by atoms with E-state index in [4.69, 9.17) is 104 Å². The zero-order valence-corrected chi connectivity index (χ0v) is 53.9. The molecule has 10 aliphatic rings. The van der Waals surface area contributed by atoms with Crippen LogP contribution < -0.4 is 0 Å². The van der Waals surface area contributed by atoms with Crippen LogP contribution >= 0.6 is 0 Å². The van der Waals surface area contributed by atoms with Crippen molar-refractivity contribution in [3.63, 3.8) is 0 Å². The molecule has 0 bridgehead atoms. The van der Waals surface area contributed by atoms with Gasteiger partial charge in [-0.25, -0.2) is 4.79 Å². The van der Waals surface area contributed by atoms with Crippen molar-refractivity contribution in [2.24, 2.45) is 0 Å². The summed E-state index contributed by atoms with van der Waals surface area (Å²) in [7, 11) is 4.12. The van der Waals surface area contributed by atoms with Crippen molar-refractivity contribution in [3.8, 4) is 11.5 Å². The lowest BCUT2D eigenvalue weighted by Gasteiger charge is -2.49. The number of aliphatic hydroxyl groups is 5. The minimum Gasteiger partial charge on any atom is -0.508 e. The van der Waals surface area contributed by atoms with Crippen LogP contribution in [0.3, 0.4) is 0 Å². The molecule has 1 aromatic rings. The maximum atomic E-state index is 13.5. The molecule has 1 aromatic carbocycles. The first-order chi connectivity index (χ1) is 44.1. The number of phenols is 2. The van der Waals surface area contributed by atoms with Gasteiger partial charge < -0.3 is 140 Å². The number of rotatable bonds is 19. The maximum absolute atomic E-state index is 13.5. The molecule has 11 rings (SSSR count). The van der Waals surface area contributed by atoms with E-state index in [1.807, 2.05) is 6.92 Å². The third kappa shape index (κ3) is 13.5. The number of ether oxygens (including phenoxy) is 22. The molecule has 32 heteroatoms. The Balaban J connectivity index is 0.726. The largest absolute Gasteiger partial charge is 0.508 e. The zero-order valence-electron chi connectivity index (χ0n) is 53.9. The predicted molar refractivity (Wildman–Crippen MR) is 302 cm³/mol. The molecule has 2 spiro atoms. The maximum Gasteiger partial charge on any atom is 0.342 e. The lowest BCUT2D eigenvalue weighted by atomic mass is 9.81. The number of hydrogen-bond acceptors (Lipinski definition) is 32. The van der Waals surface area contributed by atoms with Crippen molar-refractivity contribution in [2.75, 3.05) is 41.3 Å². The van der Waals surface area contributed by atoms with Gasteiger partial charge in [-0.1, -0.05) is 13.3 Å². The number of aromatic hydroxyl groups is 2. The summed E-state index contributed by atoms with van der Waals surface area (Å²) in [5.41, 5.74) is -3.23. The first-order valence-electron chi connectivity index (χ1n) is 31.7. The van der Waals surface area contributed by atoms with Gasteiger partial charge >= 0.3 is 17.9 Å². The number of unbranched alkanes of at least 4 members (excludes halogenated alkanes) is 1. The number of carbonyl (C=O) groups is 3. The molecule has 10 aliphatic heterocycles. The summed E-state index contributed by atoms with van der Waals surface area (Å²) in [5, 5.41) is 79.2. The standard InChI is InChI=1S/C61H90O32/c1-13-14-15-37(67)82-50-47-36(90-61(91-47)53-52(76-23-77-53)60(71,29(7)62)30(8)89-61)22-75-56(50)87-57-49(74-12)41(68)46(35(81-57)21-72-10)86-55-42(69)48(45(73-11)26(4)80-55)84-39-20-58(9)51(28(6)79-39)92-59(93-58)19-34(66)44(27(5)88-59)83-38-18-33(65)43(25(3)78-38)85-54(70)40-24(2)16-31(63)17-32(40)64/h16-17,25-28,30,33-36,38-39,41-53,55-57,63-66,68-69,71H,13-15,18-23H2,1-12H3/t25-,26-,27-,28-,30-,33-,34-,35-,36+,38+,39+,41+,42-,43-,44-,45+,46-,47-,48-,49+,50-,51-,52-,53-,55+,56-,57+,58-,59?,60+,61-/m1/s1. The van der Waals surface area contributed by atoms with Crippen LogP contribution in [-0.2, 0) is 114 Å². The Labute approximate surface area is 536 Å². The molecule has 32 nitrogen and oxygen atoms in total. The van der Waals surface area contributed by atoms with E-state index >= 15 is 0 Å². The second kappa shape index (κ2) is 28.0. The molecule has 10 fully saturated rings. The lowest BCUT2D eigenvalue weighted by molar-refractivity contribution is -0.428. The monoisotopic (exact) mass is 1330 g/mol. The summed E-state index contributed by atoms with van der Waals surface area (Å²) in [6.07, 6.45) is -31.2. The summed E-state index contributed by atoms with van der Waals surface area (Å²) in [6.45, 7) is 13.8. The van der Waals surface area contributed by atoms with Gasteiger partial charge in [0.15, 0.2) is 54.9 Å². The molecule has 0 aliphatic carbocycles. The molecule has 31 atom stereocenters. The van der Waals surface area contributed by atoms with Gasteiger partial charge in [-0.2, -0.15) is 0 Å². The predicted octanol–water partition coefficient (Wildman–Crippen LogP) is -0.0236. The molecule has 0 aromatic heterocycles. The quantitative estimate of drug-likeness (QED) is 0.0895. The Morgan fingerprint density at radius 1 is 0.656 bits per heavy atom. The fourth-order valence-corrected chi connectivity index (χ4v) is 14.6. The molecule has 526 valence electrons. The Bertz CT molecular complexity index is 2730. The van der Waals surface area contributed by atoms with Gasteiger partial charge in [-0.15, -0.1) is 0 Å². The number of esters is 2. The van der Waals surface area contributed by atoms with Gasteiger partial charge in [0.05, 0.1) is 62.4 Å². The van der Waals surface area contributed by atoms with Crippen LogP contribution in [-0.4, -0.2) is 284 Å². The molecule has 93 heavy (non-hydrogen) atoms. The number of phenolic OH excluding ortho intramolecular Hbond substituents is 2. The van der Waals surface area contributed by atoms with Crippen LogP contribution in [0.2, 0.25) is 0 Å². The van der Waals surface area contributed by atoms with Gasteiger partial charge in [0.1, 0.15) is 103 Å². The third-order valence-electron chi connectivity index (χ3n) is 19.2. The Hall–Kier alpha value is -3.57. The molecular weight excluding hydrogens is 1240 g/mol. The average molecular weight is 1340 g/mol. The summed E-state index contributed by atoms with van der Waals surface area (Å²) in [5.74, 6) is -6.77. The second-order valence-corrected chi connectivity index (χ2v) is 25.9. The highest BCUT2D eigenvalue weighted by atomic mass is 16.9. The van der Waals surface area contributed by atoms with Crippen LogP contribution in [0.1, 0.15) is 110 Å². The highest BCUT2D eigenvalue weighted by molar-refractivity contribution is 5.94. The number of carbonyl (C=O) groups excluding carboxylic acids is 3. The number of benzene rings is 1. The van der Waals surface area contributed by atoms with E-state index in [0.29, 0.717) is 12.8 Å². The van der Waals surface area contributed by atoms with Gasteiger partial charge in [-0.05, 0) is 73.4 Å². The highest BCUT2D eigenvalue weighted by Crippen LogP contribution is 2.53. The normalized spacial score (nSPS) is 48.0. The smallest absolute Gasteiger partial charge is 0.342 e. The van der Waals surface area contributed by atoms with Gasteiger partial charge in [0.2, 0.25) is 6.29 Å². The summed E-state index contributed by atoms with van der Waals surface area (Å²) in [4.78, 5) is 39.5. The van der Waals surface area contributed by atoms with E-state index in [-0.39, 0.29) is 62.6 Å². The number of aliphatic hydroxyl groups excluding tert-OH is 4.